The maximum absolute atomic E-state index is 11.6. The summed E-state index contributed by atoms with van der Waals surface area (Å²) in [6.07, 6.45) is 0.940. The molecule has 0 radical (unpaired) electrons. The number of halogens is 1. The van der Waals surface area contributed by atoms with Gasteiger partial charge in [0, 0.05) is 17.3 Å². The highest BCUT2D eigenvalue weighted by Crippen LogP contribution is 2.15. The van der Waals surface area contributed by atoms with Gasteiger partial charge < -0.3 is 10.6 Å². The monoisotopic (exact) mass is 240 g/mol. The minimum atomic E-state index is -0.259. The van der Waals surface area contributed by atoms with Crippen molar-refractivity contribution in [3.63, 3.8) is 0 Å². The van der Waals surface area contributed by atoms with Crippen LogP contribution in [-0.2, 0) is 4.79 Å². The van der Waals surface area contributed by atoms with E-state index in [1.165, 1.54) is 0 Å². The summed E-state index contributed by atoms with van der Waals surface area (Å²) in [4.78, 5) is 11.6. The topological polar surface area (TPSA) is 41.1 Å². The number of hydrogen-bond acceptors (Lipinski definition) is 2. The summed E-state index contributed by atoms with van der Waals surface area (Å²) in [6, 6.07) is 7.07. The van der Waals surface area contributed by atoms with Crippen LogP contribution in [0, 0.1) is 0 Å². The van der Waals surface area contributed by atoms with Crippen molar-refractivity contribution < 1.29 is 4.79 Å². The van der Waals surface area contributed by atoms with E-state index in [4.69, 9.17) is 11.6 Å². The molecule has 1 aromatic rings. The van der Waals surface area contributed by atoms with Crippen molar-refractivity contribution in [2.45, 2.75) is 26.3 Å². The van der Waals surface area contributed by atoms with E-state index < -0.39 is 0 Å². The van der Waals surface area contributed by atoms with Gasteiger partial charge in [-0.25, -0.2) is 0 Å². The van der Waals surface area contributed by atoms with Crippen LogP contribution in [-0.4, -0.2) is 18.5 Å². The van der Waals surface area contributed by atoms with Gasteiger partial charge in [0.05, 0.1) is 0 Å². The normalized spacial score (nSPS) is 11.9. The van der Waals surface area contributed by atoms with Gasteiger partial charge in [0.2, 0.25) is 5.91 Å². The molecule has 0 aromatic heterocycles. The van der Waals surface area contributed by atoms with Gasteiger partial charge in [-0.1, -0.05) is 24.6 Å². The van der Waals surface area contributed by atoms with Gasteiger partial charge in [0.25, 0.3) is 0 Å². The SMILES string of the molecule is CCCNC(=O)C(C)Nc1cccc(Cl)c1. The summed E-state index contributed by atoms with van der Waals surface area (Å²) in [5.41, 5.74) is 0.853. The first-order valence-electron chi connectivity index (χ1n) is 5.43. The van der Waals surface area contributed by atoms with E-state index in [0.29, 0.717) is 11.6 Å². The molecular weight excluding hydrogens is 224 g/mol. The van der Waals surface area contributed by atoms with Gasteiger partial charge in [0.1, 0.15) is 6.04 Å². The average Bonchev–Trinajstić information content (AvgIpc) is 2.25. The maximum atomic E-state index is 11.6. The highest BCUT2D eigenvalue weighted by Gasteiger charge is 2.11. The van der Waals surface area contributed by atoms with E-state index >= 15 is 0 Å². The van der Waals surface area contributed by atoms with Crippen LogP contribution in [0.25, 0.3) is 0 Å². The number of hydrogen-bond donors (Lipinski definition) is 2. The predicted octanol–water partition coefficient (Wildman–Crippen LogP) is 2.67. The summed E-state index contributed by atoms with van der Waals surface area (Å²) in [5, 5.41) is 6.59. The second-order valence-corrected chi connectivity index (χ2v) is 4.10. The Balaban J connectivity index is 2.50. The third-order valence-corrected chi connectivity index (χ3v) is 2.39. The summed E-state index contributed by atoms with van der Waals surface area (Å²) in [6.45, 7) is 4.56. The molecule has 1 rings (SSSR count). The van der Waals surface area contributed by atoms with E-state index in [2.05, 4.69) is 10.6 Å². The number of carbonyl (C=O) groups excluding carboxylic acids is 1. The Hall–Kier alpha value is -1.22. The van der Waals surface area contributed by atoms with Crippen LogP contribution in [0.4, 0.5) is 5.69 Å². The molecule has 88 valence electrons. The van der Waals surface area contributed by atoms with Gasteiger partial charge in [-0.15, -0.1) is 0 Å². The van der Waals surface area contributed by atoms with Crippen LogP contribution < -0.4 is 10.6 Å². The molecule has 1 unspecified atom stereocenters. The molecule has 0 aliphatic heterocycles. The van der Waals surface area contributed by atoms with Crippen LogP contribution in [0.2, 0.25) is 5.02 Å². The van der Waals surface area contributed by atoms with Crippen molar-refractivity contribution in [1.82, 2.24) is 5.32 Å². The molecule has 0 fully saturated rings. The fourth-order valence-electron chi connectivity index (χ4n) is 1.30. The van der Waals surface area contributed by atoms with Crippen molar-refractivity contribution in [1.29, 1.82) is 0 Å². The van der Waals surface area contributed by atoms with Crippen molar-refractivity contribution in [3.8, 4) is 0 Å². The Kier molecular flexibility index (Phi) is 5.12. The fourth-order valence-corrected chi connectivity index (χ4v) is 1.49. The standard InChI is InChI=1S/C12H17ClN2O/c1-3-7-14-12(16)9(2)15-11-6-4-5-10(13)8-11/h4-6,8-9,15H,3,7H2,1-2H3,(H,14,16). The molecular formula is C12H17ClN2O. The second kappa shape index (κ2) is 6.38. The van der Waals surface area contributed by atoms with Crippen molar-refractivity contribution >= 4 is 23.2 Å². The third-order valence-electron chi connectivity index (χ3n) is 2.15. The zero-order chi connectivity index (χ0) is 12.0. The van der Waals surface area contributed by atoms with Crippen LogP contribution in [0.15, 0.2) is 24.3 Å². The molecule has 0 aliphatic carbocycles. The number of anilines is 1. The van der Waals surface area contributed by atoms with E-state index in [0.717, 1.165) is 12.1 Å². The summed E-state index contributed by atoms with van der Waals surface area (Å²) < 4.78 is 0. The lowest BCUT2D eigenvalue weighted by Crippen LogP contribution is -2.37. The first-order valence-corrected chi connectivity index (χ1v) is 5.81. The molecule has 0 saturated carbocycles. The summed E-state index contributed by atoms with van der Waals surface area (Å²) in [5.74, 6) is 0.00169. The minimum Gasteiger partial charge on any atom is -0.374 e. The average molecular weight is 241 g/mol. The molecule has 4 heteroatoms. The molecule has 0 heterocycles. The number of benzene rings is 1. The van der Waals surface area contributed by atoms with Gasteiger partial charge in [-0.2, -0.15) is 0 Å². The lowest BCUT2D eigenvalue weighted by atomic mass is 10.2. The van der Waals surface area contributed by atoms with Gasteiger partial charge in [0.15, 0.2) is 0 Å². The predicted molar refractivity (Wildman–Crippen MR) is 67.8 cm³/mol. The molecule has 3 nitrogen and oxygen atoms in total. The summed E-state index contributed by atoms with van der Waals surface area (Å²) >= 11 is 5.85. The minimum absolute atomic E-state index is 0.00169. The highest BCUT2D eigenvalue weighted by atomic mass is 35.5. The Bertz CT molecular complexity index is 355. The van der Waals surface area contributed by atoms with Crippen LogP contribution in [0.3, 0.4) is 0 Å². The molecule has 0 spiro atoms. The number of rotatable bonds is 5. The summed E-state index contributed by atoms with van der Waals surface area (Å²) in [7, 11) is 0. The zero-order valence-corrected chi connectivity index (χ0v) is 10.3. The molecule has 1 amide bonds. The van der Waals surface area contributed by atoms with Gasteiger partial charge in [-0.3, -0.25) is 4.79 Å². The molecule has 1 atom stereocenters. The largest absolute Gasteiger partial charge is 0.374 e. The lowest BCUT2D eigenvalue weighted by Gasteiger charge is -2.15. The van der Waals surface area contributed by atoms with Crippen LogP contribution in [0.5, 0.6) is 0 Å². The first-order chi connectivity index (χ1) is 7.63. The maximum Gasteiger partial charge on any atom is 0.242 e. The van der Waals surface area contributed by atoms with E-state index in [9.17, 15) is 4.79 Å². The van der Waals surface area contributed by atoms with Crippen molar-refractivity contribution in [2.75, 3.05) is 11.9 Å². The number of amides is 1. The molecule has 0 saturated heterocycles. The van der Waals surface area contributed by atoms with Crippen LogP contribution in [0.1, 0.15) is 20.3 Å². The first kappa shape index (κ1) is 12.8. The molecule has 1 aromatic carbocycles. The van der Waals surface area contributed by atoms with E-state index in [1.54, 1.807) is 12.1 Å². The highest BCUT2D eigenvalue weighted by molar-refractivity contribution is 6.30. The molecule has 2 N–H and O–H groups in total. The quantitative estimate of drug-likeness (QED) is 0.831. The number of carbonyl (C=O) groups is 1. The lowest BCUT2D eigenvalue weighted by molar-refractivity contribution is -0.121. The van der Waals surface area contributed by atoms with E-state index in [1.807, 2.05) is 26.0 Å². The third kappa shape index (κ3) is 4.11. The number of nitrogens with one attached hydrogen (secondary N) is 2. The Labute approximate surface area is 101 Å². The van der Waals surface area contributed by atoms with Gasteiger partial charge >= 0.3 is 0 Å². The molecule has 0 bridgehead atoms. The Morgan fingerprint density at radius 2 is 2.25 bits per heavy atom. The molecule has 16 heavy (non-hydrogen) atoms. The van der Waals surface area contributed by atoms with Crippen molar-refractivity contribution in [3.05, 3.63) is 29.3 Å². The van der Waals surface area contributed by atoms with Crippen LogP contribution >= 0.6 is 11.6 Å². The fraction of sp³-hybridized carbons (Fsp3) is 0.417. The van der Waals surface area contributed by atoms with E-state index in [-0.39, 0.29) is 11.9 Å². The Morgan fingerprint density at radius 3 is 2.88 bits per heavy atom. The molecule has 0 aliphatic rings. The smallest absolute Gasteiger partial charge is 0.242 e. The van der Waals surface area contributed by atoms with Gasteiger partial charge in [-0.05, 0) is 31.5 Å². The Morgan fingerprint density at radius 1 is 1.50 bits per heavy atom. The second-order valence-electron chi connectivity index (χ2n) is 3.67. The van der Waals surface area contributed by atoms with Crippen molar-refractivity contribution in [2.24, 2.45) is 0 Å². The zero-order valence-electron chi connectivity index (χ0n) is 9.59.